The van der Waals surface area contributed by atoms with Crippen molar-refractivity contribution in [3.05, 3.63) is 65.0 Å². The number of hydrogen-bond acceptors (Lipinski definition) is 4. The van der Waals surface area contributed by atoms with Crippen molar-refractivity contribution >= 4 is 5.91 Å². The minimum absolute atomic E-state index is 0.0581. The van der Waals surface area contributed by atoms with E-state index < -0.39 is 0 Å². The summed E-state index contributed by atoms with van der Waals surface area (Å²) < 4.78 is 18.7. The molecule has 1 heterocycles. The van der Waals surface area contributed by atoms with Crippen LogP contribution in [0.1, 0.15) is 21.5 Å². The van der Waals surface area contributed by atoms with Crippen LogP contribution in [0.15, 0.2) is 42.5 Å². The Morgan fingerprint density at radius 1 is 1.19 bits per heavy atom. The molecular formula is C20H20FN3O2. The molecule has 0 N–H and O–H groups in total. The Morgan fingerprint density at radius 3 is 2.62 bits per heavy atom. The number of halogens is 1. The number of carbonyl (C=O) groups is 1. The van der Waals surface area contributed by atoms with E-state index in [1.807, 2.05) is 6.07 Å². The van der Waals surface area contributed by atoms with Gasteiger partial charge in [-0.2, -0.15) is 5.26 Å². The fourth-order valence-corrected chi connectivity index (χ4v) is 3.08. The monoisotopic (exact) mass is 353 g/mol. The van der Waals surface area contributed by atoms with Crippen LogP contribution in [0.5, 0.6) is 5.75 Å². The van der Waals surface area contributed by atoms with E-state index in [0.717, 1.165) is 18.7 Å². The zero-order valence-corrected chi connectivity index (χ0v) is 14.6. The van der Waals surface area contributed by atoms with Gasteiger partial charge in [0.15, 0.2) is 11.6 Å². The summed E-state index contributed by atoms with van der Waals surface area (Å²) in [5.41, 5.74) is 1.90. The third-order valence-electron chi connectivity index (χ3n) is 4.52. The number of piperazine rings is 1. The number of nitrogens with zero attached hydrogens (tertiary/aromatic N) is 3. The highest BCUT2D eigenvalue weighted by atomic mass is 19.1. The van der Waals surface area contributed by atoms with Crippen molar-refractivity contribution in [2.24, 2.45) is 0 Å². The molecule has 1 fully saturated rings. The van der Waals surface area contributed by atoms with Crippen molar-refractivity contribution in [3.8, 4) is 11.8 Å². The number of amides is 1. The third-order valence-corrected chi connectivity index (χ3v) is 4.52. The van der Waals surface area contributed by atoms with Crippen LogP contribution in [-0.2, 0) is 6.54 Å². The van der Waals surface area contributed by atoms with Gasteiger partial charge in [-0.15, -0.1) is 0 Å². The highest BCUT2D eigenvalue weighted by Crippen LogP contribution is 2.19. The lowest BCUT2D eigenvalue weighted by molar-refractivity contribution is 0.0628. The lowest BCUT2D eigenvalue weighted by atomic mass is 10.1. The average Bonchev–Trinajstić information content (AvgIpc) is 2.68. The summed E-state index contributed by atoms with van der Waals surface area (Å²) >= 11 is 0. The van der Waals surface area contributed by atoms with Crippen LogP contribution in [-0.4, -0.2) is 49.0 Å². The number of carbonyl (C=O) groups excluding carboxylic acids is 1. The fraction of sp³-hybridized carbons (Fsp3) is 0.300. The molecule has 0 bridgehead atoms. The predicted octanol–water partition coefficient (Wildman–Crippen LogP) is 2.66. The summed E-state index contributed by atoms with van der Waals surface area (Å²) in [4.78, 5) is 16.6. The molecule has 0 atom stereocenters. The molecule has 134 valence electrons. The second kappa shape index (κ2) is 7.98. The van der Waals surface area contributed by atoms with E-state index >= 15 is 0 Å². The van der Waals surface area contributed by atoms with Crippen molar-refractivity contribution < 1.29 is 13.9 Å². The van der Waals surface area contributed by atoms with Gasteiger partial charge < -0.3 is 9.64 Å². The Bertz CT molecular complexity index is 839. The van der Waals surface area contributed by atoms with Crippen molar-refractivity contribution in [1.29, 1.82) is 5.26 Å². The minimum atomic E-state index is -0.365. The molecule has 6 heteroatoms. The Hall–Kier alpha value is -2.91. The third kappa shape index (κ3) is 4.01. The number of ether oxygens (including phenoxy) is 1. The number of nitriles is 1. The zero-order chi connectivity index (χ0) is 18.5. The predicted molar refractivity (Wildman–Crippen MR) is 95.3 cm³/mol. The zero-order valence-electron chi connectivity index (χ0n) is 14.6. The number of benzene rings is 2. The van der Waals surface area contributed by atoms with Gasteiger partial charge in [0.1, 0.15) is 0 Å². The molecular weight excluding hydrogens is 333 g/mol. The Balaban J connectivity index is 1.58. The standard InChI is InChI=1S/C20H20FN3O2/c1-26-19-6-5-16(12-18(19)21)14-23-7-9-24(10-8-23)20(25)17-4-2-3-15(11-17)13-22/h2-6,11-12H,7-10,14H2,1H3. The summed E-state index contributed by atoms with van der Waals surface area (Å²) in [5, 5.41) is 8.97. The Morgan fingerprint density at radius 2 is 1.96 bits per heavy atom. The molecule has 5 nitrogen and oxygen atoms in total. The van der Waals surface area contributed by atoms with Gasteiger partial charge in [-0.25, -0.2) is 4.39 Å². The van der Waals surface area contributed by atoms with E-state index in [1.165, 1.54) is 13.2 Å². The van der Waals surface area contributed by atoms with Gasteiger partial charge in [0.25, 0.3) is 5.91 Å². The number of hydrogen-bond donors (Lipinski definition) is 0. The van der Waals surface area contributed by atoms with Crippen molar-refractivity contribution in [3.63, 3.8) is 0 Å². The molecule has 2 aromatic carbocycles. The van der Waals surface area contributed by atoms with Crippen LogP contribution < -0.4 is 4.74 Å². The molecule has 0 radical (unpaired) electrons. The normalized spacial score (nSPS) is 14.7. The van der Waals surface area contributed by atoms with Gasteiger partial charge in [0.2, 0.25) is 0 Å². The molecule has 0 aliphatic carbocycles. The quantitative estimate of drug-likeness (QED) is 0.848. The maximum Gasteiger partial charge on any atom is 0.253 e. The molecule has 1 amide bonds. The molecule has 3 rings (SSSR count). The van der Waals surface area contributed by atoms with Crippen LogP contribution in [0, 0.1) is 17.1 Å². The van der Waals surface area contributed by atoms with E-state index in [2.05, 4.69) is 11.0 Å². The van der Waals surface area contributed by atoms with Gasteiger partial charge in [0.05, 0.1) is 18.7 Å². The van der Waals surface area contributed by atoms with Crippen molar-refractivity contribution in [2.75, 3.05) is 33.3 Å². The van der Waals surface area contributed by atoms with E-state index in [1.54, 1.807) is 35.2 Å². The summed E-state index contributed by atoms with van der Waals surface area (Å²) in [6.07, 6.45) is 0. The van der Waals surface area contributed by atoms with Crippen LogP contribution in [0.25, 0.3) is 0 Å². The maximum atomic E-state index is 13.8. The fourth-order valence-electron chi connectivity index (χ4n) is 3.08. The molecule has 2 aromatic rings. The summed E-state index contributed by atoms with van der Waals surface area (Å²) in [7, 11) is 1.45. The van der Waals surface area contributed by atoms with Crippen LogP contribution in [0.2, 0.25) is 0 Å². The van der Waals surface area contributed by atoms with Crippen LogP contribution in [0.4, 0.5) is 4.39 Å². The first-order valence-corrected chi connectivity index (χ1v) is 8.45. The lowest BCUT2D eigenvalue weighted by Gasteiger charge is -2.34. The second-order valence-corrected chi connectivity index (χ2v) is 6.23. The first kappa shape index (κ1) is 17.9. The molecule has 1 aliphatic rings. The highest BCUT2D eigenvalue weighted by Gasteiger charge is 2.22. The van der Waals surface area contributed by atoms with Crippen molar-refractivity contribution in [1.82, 2.24) is 9.80 Å². The van der Waals surface area contributed by atoms with E-state index in [-0.39, 0.29) is 17.5 Å². The average molecular weight is 353 g/mol. The molecule has 0 spiro atoms. The van der Waals surface area contributed by atoms with Gasteiger partial charge in [-0.05, 0) is 35.9 Å². The summed E-state index contributed by atoms with van der Waals surface area (Å²) in [6.45, 7) is 3.28. The molecule has 1 saturated heterocycles. The van der Waals surface area contributed by atoms with E-state index in [4.69, 9.17) is 10.00 Å². The molecule has 26 heavy (non-hydrogen) atoms. The summed E-state index contributed by atoms with van der Waals surface area (Å²) in [6, 6.07) is 13.8. The summed E-state index contributed by atoms with van der Waals surface area (Å²) in [5.74, 6) is -0.183. The van der Waals surface area contributed by atoms with E-state index in [9.17, 15) is 9.18 Å². The van der Waals surface area contributed by atoms with Crippen LogP contribution in [0.3, 0.4) is 0 Å². The van der Waals surface area contributed by atoms with Gasteiger partial charge in [0, 0.05) is 38.3 Å². The molecule has 0 unspecified atom stereocenters. The highest BCUT2D eigenvalue weighted by molar-refractivity contribution is 5.94. The molecule has 0 saturated carbocycles. The molecule has 1 aliphatic heterocycles. The van der Waals surface area contributed by atoms with E-state index in [0.29, 0.717) is 30.8 Å². The lowest BCUT2D eigenvalue weighted by Crippen LogP contribution is -2.48. The van der Waals surface area contributed by atoms with Gasteiger partial charge >= 0.3 is 0 Å². The number of methoxy groups -OCH3 is 1. The topological polar surface area (TPSA) is 56.6 Å². The Kier molecular flexibility index (Phi) is 5.49. The van der Waals surface area contributed by atoms with Gasteiger partial charge in [-0.1, -0.05) is 12.1 Å². The maximum absolute atomic E-state index is 13.8. The van der Waals surface area contributed by atoms with Crippen molar-refractivity contribution in [2.45, 2.75) is 6.54 Å². The first-order valence-electron chi connectivity index (χ1n) is 8.45. The largest absolute Gasteiger partial charge is 0.494 e. The first-order chi connectivity index (χ1) is 12.6. The number of rotatable bonds is 4. The molecule has 0 aromatic heterocycles. The SMILES string of the molecule is COc1ccc(CN2CCN(C(=O)c3cccc(C#N)c3)CC2)cc1F. The smallest absolute Gasteiger partial charge is 0.253 e. The van der Waals surface area contributed by atoms with Crippen LogP contribution >= 0.6 is 0 Å². The van der Waals surface area contributed by atoms with Gasteiger partial charge in [-0.3, -0.25) is 9.69 Å². The minimum Gasteiger partial charge on any atom is -0.494 e. The Labute approximate surface area is 152 Å². The second-order valence-electron chi connectivity index (χ2n) is 6.23.